The van der Waals surface area contributed by atoms with Gasteiger partial charge in [-0.15, -0.1) is 0 Å². The molecule has 4 atom stereocenters. The average molecular weight is 505 g/mol. The number of hydrogen-bond donors (Lipinski definition) is 5. The van der Waals surface area contributed by atoms with Crippen molar-refractivity contribution in [3.05, 3.63) is 64.1 Å². The number of benzene rings is 1. The number of nitrogens with two attached hydrogens (primary N) is 1. The van der Waals surface area contributed by atoms with Gasteiger partial charge in [-0.1, -0.05) is 19.9 Å². The summed E-state index contributed by atoms with van der Waals surface area (Å²) in [7, 11) is 0. The summed E-state index contributed by atoms with van der Waals surface area (Å²) < 4.78 is 0. The van der Waals surface area contributed by atoms with Crippen LogP contribution in [0.5, 0.6) is 5.75 Å². The number of hydrogen-bond acceptors (Lipinski definition) is 8. The molecule has 1 saturated carbocycles. The van der Waals surface area contributed by atoms with Gasteiger partial charge in [0.15, 0.2) is 11.4 Å². The SMILES string of the molecule is Cc1ccc(-c2ccc(O)c3c2C[C@H]2C[C@H]4[C@H](C(C)C)C(=O)C(C(N)=O)=C(O)[C@@]4(O)C(=O)C2=C3O)nc1. The van der Waals surface area contributed by atoms with Gasteiger partial charge in [0.1, 0.15) is 22.8 Å². The summed E-state index contributed by atoms with van der Waals surface area (Å²) in [5.74, 6) is -7.82. The van der Waals surface area contributed by atoms with Crippen molar-refractivity contribution in [1.82, 2.24) is 4.98 Å². The number of aliphatic hydroxyl groups excluding tert-OH is 2. The summed E-state index contributed by atoms with van der Waals surface area (Å²) in [6.07, 6.45) is 2.00. The molecule has 0 unspecified atom stereocenters. The number of pyridine rings is 1. The minimum Gasteiger partial charge on any atom is -0.508 e. The second-order valence-corrected chi connectivity index (χ2v) is 10.5. The van der Waals surface area contributed by atoms with Crippen LogP contribution in [0.4, 0.5) is 0 Å². The number of nitrogens with zero attached hydrogens (tertiary/aromatic N) is 1. The van der Waals surface area contributed by atoms with Crippen LogP contribution in [0.3, 0.4) is 0 Å². The summed E-state index contributed by atoms with van der Waals surface area (Å²) in [5.41, 5.74) is 4.67. The molecule has 0 spiro atoms. The number of aliphatic hydroxyl groups is 3. The number of rotatable bonds is 3. The molecule has 0 aliphatic heterocycles. The number of aromatic nitrogens is 1. The molecule has 9 nitrogen and oxygen atoms in total. The molecule has 1 fully saturated rings. The third-order valence-electron chi connectivity index (χ3n) is 8.04. The third kappa shape index (κ3) is 3.33. The number of carbonyl (C=O) groups excluding carboxylic acids is 3. The number of phenolic OH excluding ortho intramolecular Hbond substituents is 1. The third-order valence-corrected chi connectivity index (χ3v) is 8.04. The standard InChI is InChI=1S/C28H28N2O7/c1-11(2)19-16-9-13-8-15-14(17-6-4-12(3)10-30-17)5-7-18(31)21(15)24(33)20(13)25(34)28(16,37)26(35)22(23(19)32)27(29)36/h4-7,10-11,13,16,19,31,33,35,37H,8-9H2,1-3H3,(H2,29,36)/t13-,16-,19-,28-/m0/s1. The van der Waals surface area contributed by atoms with Crippen LogP contribution in [0.15, 0.2) is 47.4 Å². The molecule has 1 amide bonds. The average Bonchev–Trinajstić information content (AvgIpc) is 2.82. The predicted octanol–water partition coefficient (Wildman–Crippen LogP) is 2.68. The van der Waals surface area contributed by atoms with Crippen molar-refractivity contribution in [2.75, 3.05) is 0 Å². The largest absolute Gasteiger partial charge is 0.508 e. The van der Waals surface area contributed by atoms with Gasteiger partial charge in [-0.05, 0) is 60.9 Å². The van der Waals surface area contributed by atoms with E-state index in [1.165, 1.54) is 6.07 Å². The summed E-state index contributed by atoms with van der Waals surface area (Å²) in [4.78, 5) is 43.6. The van der Waals surface area contributed by atoms with Gasteiger partial charge in [0.05, 0.1) is 11.3 Å². The van der Waals surface area contributed by atoms with Gasteiger partial charge in [-0.3, -0.25) is 19.4 Å². The fourth-order valence-electron chi connectivity index (χ4n) is 6.35. The molecule has 1 aromatic carbocycles. The van der Waals surface area contributed by atoms with Crippen molar-refractivity contribution < 1.29 is 34.8 Å². The maximum atomic E-state index is 13.9. The summed E-state index contributed by atoms with van der Waals surface area (Å²) >= 11 is 0. The van der Waals surface area contributed by atoms with Gasteiger partial charge in [-0.25, -0.2) is 0 Å². The Morgan fingerprint density at radius 3 is 2.43 bits per heavy atom. The Morgan fingerprint density at radius 2 is 1.84 bits per heavy atom. The lowest BCUT2D eigenvalue weighted by Gasteiger charge is -2.50. The number of aryl methyl sites for hydroxylation is 1. The van der Waals surface area contributed by atoms with Gasteiger partial charge in [0, 0.05) is 29.2 Å². The lowest BCUT2D eigenvalue weighted by atomic mass is 9.54. The molecule has 5 rings (SSSR count). The molecular weight excluding hydrogens is 476 g/mol. The van der Waals surface area contributed by atoms with E-state index >= 15 is 0 Å². The van der Waals surface area contributed by atoms with Gasteiger partial charge < -0.3 is 26.2 Å². The molecule has 0 saturated heterocycles. The second-order valence-electron chi connectivity index (χ2n) is 10.5. The maximum absolute atomic E-state index is 13.9. The van der Waals surface area contributed by atoms with Crippen LogP contribution < -0.4 is 5.73 Å². The van der Waals surface area contributed by atoms with Crippen molar-refractivity contribution in [1.29, 1.82) is 0 Å². The Hall–Kier alpha value is -3.98. The first-order chi connectivity index (χ1) is 17.4. The van der Waals surface area contributed by atoms with Crippen LogP contribution in [-0.2, 0) is 20.8 Å². The molecule has 6 N–H and O–H groups in total. The summed E-state index contributed by atoms with van der Waals surface area (Å²) in [6.45, 7) is 5.36. The smallest absolute Gasteiger partial charge is 0.255 e. The van der Waals surface area contributed by atoms with E-state index in [1.54, 1.807) is 26.1 Å². The number of primary amides is 1. The maximum Gasteiger partial charge on any atom is 0.255 e. The molecule has 37 heavy (non-hydrogen) atoms. The zero-order valence-electron chi connectivity index (χ0n) is 20.6. The lowest BCUT2D eigenvalue weighted by molar-refractivity contribution is -0.155. The van der Waals surface area contributed by atoms with Crippen LogP contribution in [0.1, 0.15) is 37.0 Å². The van der Waals surface area contributed by atoms with Crippen molar-refractivity contribution in [3.8, 4) is 17.0 Å². The van der Waals surface area contributed by atoms with E-state index in [9.17, 15) is 34.8 Å². The predicted molar refractivity (Wildman–Crippen MR) is 133 cm³/mol. The monoisotopic (exact) mass is 504 g/mol. The topological polar surface area (TPSA) is 171 Å². The molecule has 3 aliphatic carbocycles. The highest BCUT2D eigenvalue weighted by Gasteiger charge is 2.64. The van der Waals surface area contributed by atoms with Gasteiger partial charge >= 0.3 is 0 Å². The van der Waals surface area contributed by atoms with Crippen molar-refractivity contribution in [2.45, 2.75) is 39.2 Å². The lowest BCUT2D eigenvalue weighted by Crippen LogP contribution is -2.62. The van der Waals surface area contributed by atoms with E-state index in [4.69, 9.17) is 5.73 Å². The quantitative estimate of drug-likeness (QED) is 0.397. The highest BCUT2D eigenvalue weighted by Crippen LogP contribution is 2.55. The highest BCUT2D eigenvalue weighted by molar-refractivity contribution is 6.23. The second kappa shape index (κ2) is 8.27. The molecular formula is C28H28N2O7. The number of carbonyl (C=O) groups is 3. The first kappa shape index (κ1) is 24.7. The summed E-state index contributed by atoms with van der Waals surface area (Å²) in [5, 5.41) is 44.6. The number of fused-ring (bicyclic) bond motifs is 3. The number of ketones is 2. The Morgan fingerprint density at radius 1 is 1.14 bits per heavy atom. The fourth-order valence-corrected chi connectivity index (χ4v) is 6.35. The van der Waals surface area contributed by atoms with Gasteiger partial charge in [0.2, 0.25) is 5.78 Å². The Kier molecular flexibility index (Phi) is 5.52. The first-order valence-electron chi connectivity index (χ1n) is 12.2. The van der Waals surface area contributed by atoms with Crippen LogP contribution in [0.25, 0.3) is 17.0 Å². The minimum absolute atomic E-state index is 0.0485. The number of amides is 1. The van der Waals surface area contributed by atoms with E-state index < -0.39 is 57.9 Å². The van der Waals surface area contributed by atoms with Gasteiger partial charge in [-0.2, -0.15) is 0 Å². The first-order valence-corrected chi connectivity index (χ1v) is 12.2. The van der Waals surface area contributed by atoms with E-state index in [-0.39, 0.29) is 35.6 Å². The van der Waals surface area contributed by atoms with Crippen LogP contribution >= 0.6 is 0 Å². The molecule has 1 heterocycles. The van der Waals surface area contributed by atoms with E-state index in [0.29, 0.717) is 16.8 Å². The van der Waals surface area contributed by atoms with E-state index in [2.05, 4.69) is 4.98 Å². The number of Topliss-reactive ketones (excluding diaryl/α,β-unsaturated/α-hetero) is 2. The van der Waals surface area contributed by atoms with Gasteiger partial charge in [0.25, 0.3) is 5.91 Å². The fraction of sp³-hybridized carbons (Fsp3) is 0.357. The molecule has 0 bridgehead atoms. The number of phenols is 1. The molecule has 192 valence electrons. The Balaban J connectivity index is 1.74. The zero-order chi connectivity index (χ0) is 27.0. The molecule has 0 radical (unpaired) electrons. The zero-order valence-corrected chi connectivity index (χ0v) is 20.6. The number of aromatic hydroxyl groups is 1. The van der Waals surface area contributed by atoms with Crippen LogP contribution in [0.2, 0.25) is 0 Å². The van der Waals surface area contributed by atoms with E-state index in [1.807, 2.05) is 19.1 Å². The minimum atomic E-state index is -2.61. The summed E-state index contributed by atoms with van der Waals surface area (Å²) in [6, 6.07) is 6.81. The van der Waals surface area contributed by atoms with E-state index in [0.717, 1.165) is 5.56 Å². The van der Waals surface area contributed by atoms with Crippen molar-refractivity contribution >= 4 is 23.2 Å². The van der Waals surface area contributed by atoms with Crippen LogP contribution in [-0.4, -0.2) is 48.5 Å². The molecule has 2 aromatic rings. The Labute approximate surface area is 213 Å². The Bertz CT molecular complexity index is 1440. The van der Waals surface area contributed by atoms with Crippen molar-refractivity contribution in [2.24, 2.45) is 29.4 Å². The van der Waals surface area contributed by atoms with Crippen molar-refractivity contribution in [3.63, 3.8) is 0 Å². The molecule has 9 heteroatoms. The van der Waals surface area contributed by atoms with Crippen LogP contribution in [0, 0.1) is 30.6 Å². The molecule has 3 aliphatic rings. The normalized spacial score (nSPS) is 27.2. The highest BCUT2D eigenvalue weighted by atomic mass is 16.3. The molecule has 1 aromatic heterocycles.